The van der Waals surface area contributed by atoms with E-state index in [1.807, 2.05) is 7.05 Å². The van der Waals surface area contributed by atoms with Gasteiger partial charge in [-0.2, -0.15) is 11.8 Å². The summed E-state index contributed by atoms with van der Waals surface area (Å²) in [5.41, 5.74) is 0. The van der Waals surface area contributed by atoms with Crippen LogP contribution in [0.25, 0.3) is 0 Å². The molecule has 1 aliphatic heterocycles. The van der Waals surface area contributed by atoms with E-state index in [1.165, 1.54) is 44.4 Å². The van der Waals surface area contributed by atoms with E-state index in [0.717, 1.165) is 19.0 Å². The van der Waals surface area contributed by atoms with Crippen molar-refractivity contribution in [3.8, 4) is 0 Å². The zero-order valence-electron chi connectivity index (χ0n) is 11.6. The molecule has 1 spiro atoms. The highest BCUT2D eigenvalue weighted by molar-refractivity contribution is 14.0. The summed E-state index contributed by atoms with van der Waals surface area (Å²) in [7, 11) is 1.90. The molecular weight excluding hydrogens is 357 g/mol. The standard InChI is InChI=1S/C13H25N3S.HI/c1-3-15-12(14-2)16-9-10-17-13(11-16)7-5-4-6-8-13;/h3-11H2,1-2H3,(H,14,15);1H. The number of thioether (sulfide) groups is 1. The van der Waals surface area contributed by atoms with Crippen molar-refractivity contribution >= 4 is 41.7 Å². The number of halogens is 1. The van der Waals surface area contributed by atoms with Gasteiger partial charge in [0.05, 0.1) is 0 Å². The number of hydrogen-bond acceptors (Lipinski definition) is 2. The summed E-state index contributed by atoms with van der Waals surface area (Å²) in [6.45, 7) is 5.44. The van der Waals surface area contributed by atoms with Crippen molar-refractivity contribution in [1.82, 2.24) is 10.2 Å². The lowest BCUT2D eigenvalue weighted by molar-refractivity contribution is 0.293. The second-order valence-electron chi connectivity index (χ2n) is 5.09. The van der Waals surface area contributed by atoms with Gasteiger partial charge in [-0.25, -0.2) is 0 Å². The first-order valence-corrected chi connectivity index (χ1v) is 7.88. The van der Waals surface area contributed by atoms with E-state index >= 15 is 0 Å². The van der Waals surface area contributed by atoms with Gasteiger partial charge >= 0.3 is 0 Å². The van der Waals surface area contributed by atoms with Crippen LogP contribution in [0.3, 0.4) is 0 Å². The second-order valence-corrected chi connectivity index (χ2v) is 6.65. The molecule has 3 nitrogen and oxygen atoms in total. The third kappa shape index (κ3) is 3.92. The fourth-order valence-corrected chi connectivity index (χ4v) is 4.58. The van der Waals surface area contributed by atoms with Crippen LogP contribution in [0.5, 0.6) is 0 Å². The molecule has 2 rings (SSSR count). The molecular formula is C13H26IN3S. The molecule has 1 N–H and O–H groups in total. The van der Waals surface area contributed by atoms with E-state index in [0.29, 0.717) is 4.75 Å². The van der Waals surface area contributed by atoms with Gasteiger partial charge in [-0.1, -0.05) is 19.3 Å². The molecule has 0 atom stereocenters. The van der Waals surface area contributed by atoms with E-state index in [9.17, 15) is 0 Å². The first-order valence-electron chi connectivity index (χ1n) is 6.89. The SMILES string of the molecule is CCNC(=NC)N1CCSC2(CCCCC2)C1.I. The van der Waals surface area contributed by atoms with Gasteiger partial charge in [0.15, 0.2) is 5.96 Å². The molecule has 2 aliphatic rings. The molecule has 1 saturated heterocycles. The van der Waals surface area contributed by atoms with Gasteiger partial charge in [-0.05, 0) is 19.8 Å². The monoisotopic (exact) mass is 383 g/mol. The van der Waals surface area contributed by atoms with Crippen LogP contribution in [-0.2, 0) is 0 Å². The Kier molecular flexibility index (Phi) is 7.13. The van der Waals surface area contributed by atoms with E-state index in [1.54, 1.807) is 0 Å². The van der Waals surface area contributed by atoms with Crippen molar-refractivity contribution in [2.24, 2.45) is 4.99 Å². The summed E-state index contributed by atoms with van der Waals surface area (Å²) in [5, 5.41) is 3.39. The van der Waals surface area contributed by atoms with Crippen molar-refractivity contribution < 1.29 is 0 Å². The topological polar surface area (TPSA) is 27.6 Å². The van der Waals surface area contributed by atoms with E-state index in [4.69, 9.17) is 0 Å². The predicted octanol–water partition coefficient (Wildman–Crippen LogP) is 2.95. The predicted molar refractivity (Wildman–Crippen MR) is 92.3 cm³/mol. The zero-order valence-corrected chi connectivity index (χ0v) is 14.7. The maximum absolute atomic E-state index is 4.40. The highest BCUT2D eigenvalue weighted by Gasteiger charge is 2.37. The lowest BCUT2D eigenvalue weighted by atomic mass is 9.87. The number of hydrogen-bond donors (Lipinski definition) is 1. The van der Waals surface area contributed by atoms with Crippen LogP contribution in [0.2, 0.25) is 0 Å². The molecule has 1 saturated carbocycles. The molecule has 106 valence electrons. The molecule has 18 heavy (non-hydrogen) atoms. The van der Waals surface area contributed by atoms with E-state index in [-0.39, 0.29) is 24.0 Å². The Bertz CT molecular complexity index is 272. The summed E-state index contributed by atoms with van der Waals surface area (Å²) < 4.78 is 0.530. The maximum Gasteiger partial charge on any atom is 0.193 e. The molecule has 1 aliphatic carbocycles. The minimum absolute atomic E-state index is 0. The summed E-state index contributed by atoms with van der Waals surface area (Å²) >= 11 is 2.21. The summed E-state index contributed by atoms with van der Waals surface area (Å²) in [6, 6.07) is 0. The Morgan fingerprint density at radius 1 is 1.33 bits per heavy atom. The van der Waals surface area contributed by atoms with Crippen LogP contribution >= 0.6 is 35.7 Å². The number of rotatable bonds is 1. The Hall–Kier alpha value is 0.350. The summed E-state index contributed by atoms with van der Waals surface area (Å²) in [6.07, 6.45) is 7.07. The number of guanidine groups is 1. The molecule has 0 bridgehead atoms. The van der Waals surface area contributed by atoms with Crippen molar-refractivity contribution in [3.05, 3.63) is 0 Å². The van der Waals surface area contributed by atoms with Crippen LogP contribution in [0, 0.1) is 0 Å². The van der Waals surface area contributed by atoms with Crippen LogP contribution in [0.1, 0.15) is 39.0 Å². The maximum atomic E-state index is 4.40. The van der Waals surface area contributed by atoms with Crippen molar-refractivity contribution in [2.75, 3.05) is 32.4 Å². The van der Waals surface area contributed by atoms with Crippen LogP contribution in [-0.4, -0.2) is 48.0 Å². The zero-order chi connectivity index (χ0) is 12.1. The normalized spacial score (nSPS) is 23.7. The molecule has 5 heteroatoms. The molecule has 0 aromatic rings. The lowest BCUT2D eigenvalue weighted by Crippen LogP contribution is -2.53. The number of nitrogens with zero attached hydrogens (tertiary/aromatic N) is 2. The highest BCUT2D eigenvalue weighted by Crippen LogP contribution is 2.42. The first kappa shape index (κ1) is 16.4. The Labute approximate surface area is 133 Å². The van der Waals surface area contributed by atoms with E-state index < -0.39 is 0 Å². The fourth-order valence-electron chi connectivity index (χ4n) is 3.01. The largest absolute Gasteiger partial charge is 0.357 e. The summed E-state index contributed by atoms with van der Waals surface area (Å²) in [5.74, 6) is 2.35. The Morgan fingerprint density at radius 2 is 2.06 bits per heavy atom. The number of nitrogens with one attached hydrogen (secondary N) is 1. The van der Waals surface area contributed by atoms with Crippen LogP contribution < -0.4 is 5.32 Å². The molecule has 2 fully saturated rings. The second kappa shape index (κ2) is 7.82. The number of aliphatic imine (C=N–C) groups is 1. The van der Waals surface area contributed by atoms with Crippen LogP contribution in [0.4, 0.5) is 0 Å². The molecule has 0 unspecified atom stereocenters. The van der Waals surface area contributed by atoms with Crippen molar-refractivity contribution in [2.45, 2.75) is 43.8 Å². The van der Waals surface area contributed by atoms with Gasteiger partial charge in [0.2, 0.25) is 0 Å². The minimum Gasteiger partial charge on any atom is -0.357 e. The third-order valence-corrected chi connectivity index (χ3v) is 5.40. The average Bonchev–Trinajstić information content (AvgIpc) is 2.37. The fraction of sp³-hybridized carbons (Fsp3) is 0.923. The Balaban J connectivity index is 0.00000162. The van der Waals surface area contributed by atoms with Gasteiger partial charge in [0, 0.05) is 37.2 Å². The quantitative estimate of drug-likeness (QED) is 0.429. The molecule has 0 amide bonds. The molecule has 0 radical (unpaired) electrons. The molecule has 1 heterocycles. The van der Waals surface area contributed by atoms with Gasteiger partial charge in [-0.3, -0.25) is 4.99 Å². The first-order chi connectivity index (χ1) is 8.29. The molecule has 0 aromatic carbocycles. The third-order valence-electron chi connectivity index (χ3n) is 3.86. The Morgan fingerprint density at radius 3 is 2.67 bits per heavy atom. The van der Waals surface area contributed by atoms with E-state index in [2.05, 4.69) is 33.9 Å². The average molecular weight is 383 g/mol. The molecule has 0 aromatic heterocycles. The smallest absolute Gasteiger partial charge is 0.193 e. The van der Waals surface area contributed by atoms with Gasteiger partial charge < -0.3 is 10.2 Å². The van der Waals surface area contributed by atoms with Crippen molar-refractivity contribution in [1.29, 1.82) is 0 Å². The van der Waals surface area contributed by atoms with Gasteiger partial charge in [0.25, 0.3) is 0 Å². The van der Waals surface area contributed by atoms with Crippen molar-refractivity contribution in [3.63, 3.8) is 0 Å². The summed E-state index contributed by atoms with van der Waals surface area (Å²) in [4.78, 5) is 6.87. The van der Waals surface area contributed by atoms with Gasteiger partial charge in [-0.15, -0.1) is 24.0 Å². The lowest BCUT2D eigenvalue weighted by Gasteiger charge is -2.45. The minimum atomic E-state index is 0. The van der Waals surface area contributed by atoms with Gasteiger partial charge in [0.1, 0.15) is 0 Å². The highest BCUT2D eigenvalue weighted by atomic mass is 127. The van der Waals surface area contributed by atoms with Crippen LogP contribution in [0.15, 0.2) is 4.99 Å².